The molecule has 14 heavy (non-hydrogen) atoms. The second kappa shape index (κ2) is 3.79. The summed E-state index contributed by atoms with van der Waals surface area (Å²) >= 11 is 0. The van der Waals surface area contributed by atoms with E-state index in [1.165, 1.54) is 25.7 Å². The molecule has 0 aromatic rings. The molecule has 2 amide bonds. The average Bonchev–Trinajstić information content (AvgIpc) is 2.77. The van der Waals surface area contributed by atoms with Gasteiger partial charge in [0.25, 0.3) is 0 Å². The molecule has 2 bridgehead atoms. The molecule has 0 saturated heterocycles. The number of carbonyl (C=O) groups is 1. The molecule has 0 spiro atoms. The lowest BCUT2D eigenvalue weighted by Crippen LogP contribution is -2.39. The minimum absolute atomic E-state index is 0.0489. The Labute approximate surface area is 85.8 Å². The minimum atomic E-state index is 0.0489. The molecule has 2 rings (SSSR count). The molecule has 0 heterocycles. The maximum absolute atomic E-state index is 11.3. The molecule has 1 N–H and O–H groups in total. The molecule has 2 aliphatic rings. The van der Waals surface area contributed by atoms with Crippen molar-refractivity contribution in [2.75, 3.05) is 20.6 Å². The molecular formula is C11H20N2O. The van der Waals surface area contributed by atoms with Gasteiger partial charge in [0, 0.05) is 20.6 Å². The normalized spacial score (nSPS) is 34.6. The lowest BCUT2D eigenvalue weighted by molar-refractivity contribution is 0.190. The van der Waals surface area contributed by atoms with Crippen molar-refractivity contribution < 1.29 is 4.79 Å². The van der Waals surface area contributed by atoms with E-state index in [-0.39, 0.29) is 6.03 Å². The standard InChI is InChI=1S/C11H20N2O/c1-12-11(14)13(2)7-10-6-8-3-4-9(10)5-8/h8-10H,3-7H2,1-2H3,(H,12,14). The lowest BCUT2D eigenvalue weighted by atomic mass is 9.88. The Kier molecular flexibility index (Phi) is 2.66. The summed E-state index contributed by atoms with van der Waals surface area (Å²) in [5, 5.41) is 2.67. The highest BCUT2D eigenvalue weighted by Crippen LogP contribution is 2.48. The molecule has 0 aliphatic heterocycles. The van der Waals surface area contributed by atoms with Crippen molar-refractivity contribution in [2.45, 2.75) is 25.7 Å². The second-order valence-electron chi connectivity index (χ2n) is 4.87. The van der Waals surface area contributed by atoms with E-state index < -0.39 is 0 Å². The molecule has 3 heteroatoms. The van der Waals surface area contributed by atoms with Gasteiger partial charge in [-0.3, -0.25) is 0 Å². The van der Waals surface area contributed by atoms with Crippen molar-refractivity contribution in [1.29, 1.82) is 0 Å². The largest absolute Gasteiger partial charge is 0.341 e. The summed E-state index contributed by atoms with van der Waals surface area (Å²) in [7, 11) is 3.59. The van der Waals surface area contributed by atoms with Crippen LogP contribution >= 0.6 is 0 Å². The summed E-state index contributed by atoms with van der Waals surface area (Å²) in [6.45, 7) is 0.945. The number of fused-ring (bicyclic) bond motifs is 2. The molecule has 3 atom stereocenters. The summed E-state index contributed by atoms with van der Waals surface area (Å²) < 4.78 is 0. The Balaban J connectivity index is 1.83. The van der Waals surface area contributed by atoms with Crippen LogP contribution in [0.15, 0.2) is 0 Å². The van der Waals surface area contributed by atoms with Crippen LogP contribution in [0.1, 0.15) is 25.7 Å². The summed E-state index contributed by atoms with van der Waals surface area (Å²) in [5.74, 6) is 2.66. The van der Waals surface area contributed by atoms with E-state index in [1.807, 2.05) is 11.9 Å². The fourth-order valence-electron chi connectivity index (χ4n) is 3.23. The van der Waals surface area contributed by atoms with Crippen molar-refractivity contribution in [3.05, 3.63) is 0 Å². The van der Waals surface area contributed by atoms with E-state index in [9.17, 15) is 4.79 Å². The Hall–Kier alpha value is -0.730. The Bertz CT molecular complexity index is 229. The highest BCUT2D eigenvalue weighted by molar-refractivity contribution is 5.73. The van der Waals surface area contributed by atoms with Crippen LogP contribution in [0.5, 0.6) is 0 Å². The average molecular weight is 196 g/mol. The van der Waals surface area contributed by atoms with Gasteiger partial charge in [-0.1, -0.05) is 6.42 Å². The predicted molar refractivity (Wildman–Crippen MR) is 56.0 cm³/mol. The quantitative estimate of drug-likeness (QED) is 0.716. The maximum atomic E-state index is 11.3. The first-order valence-electron chi connectivity index (χ1n) is 5.63. The van der Waals surface area contributed by atoms with Gasteiger partial charge in [-0.2, -0.15) is 0 Å². The molecule has 3 nitrogen and oxygen atoms in total. The van der Waals surface area contributed by atoms with E-state index >= 15 is 0 Å². The number of rotatable bonds is 2. The molecule has 3 unspecified atom stereocenters. The topological polar surface area (TPSA) is 32.3 Å². The number of nitrogens with zero attached hydrogens (tertiary/aromatic N) is 1. The first-order chi connectivity index (χ1) is 6.70. The van der Waals surface area contributed by atoms with Gasteiger partial charge in [-0.25, -0.2) is 4.79 Å². The zero-order valence-electron chi connectivity index (χ0n) is 9.12. The van der Waals surface area contributed by atoms with Gasteiger partial charge in [0.1, 0.15) is 0 Å². The predicted octanol–water partition coefficient (Wildman–Crippen LogP) is 1.69. The Morgan fingerprint density at radius 3 is 2.71 bits per heavy atom. The van der Waals surface area contributed by atoms with Crippen LogP contribution in [0.4, 0.5) is 4.79 Å². The molecule has 2 saturated carbocycles. The van der Waals surface area contributed by atoms with E-state index in [0.717, 1.165) is 24.3 Å². The zero-order valence-corrected chi connectivity index (χ0v) is 9.12. The van der Waals surface area contributed by atoms with Crippen molar-refractivity contribution in [1.82, 2.24) is 10.2 Å². The van der Waals surface area contributed by atoms with Gasteiger partial charge >= 0.3 is 6.03 Å². The van der Waals surface area contributed by atoms with Gasteiger partial charge in [-0.15, -0.1) is 0 Å². The maximum Gasteiger partial charge on any atom is 0.316 e. The fourth-order valence-corrected chi connectivity index (χ4v) is 3.23. The van der Waals surface area contributed by atoms with Crippen molar-refractivity contribution in [3.63, 3.8) is 0 Å². The number of nitrogens with one attached hydrogen (secondary N) is 1. The van der Waals surface area contributed by atoms with Crippen LogP contribution in [0.25, 0.3) is 0 Å². The second-order valence-corrected chi connectivity index (χ2v) is 4.87. The van der Waals surface area contributed by atoms with Crippen LogP contribution in [0.2, 0.25) is 0 Å². The lowest BCUT2D eigenvalue weighted by Gasteiger charge is -2.26. The minimum Gasteiger partial charge on any atom is -0.341 e. The number of amides is 2. The first-order valence-corrected chi connectivity index (χ1v) is 5.63. The number of hydrogen-bond acceptors (Lipinski definition) is 1. The molecule has 0 aromatic heterocycles. The van der Waals surface area contributed by atoms with Gasteiger partial charge in [0.2, 0.25) is 0 Å². The monoisotopic (exact) mass is 196 g/mol. The van der Waals surface area contributed by atoms with Gasteiger partial charge in [-0.05, 0) is 37.0 Å². The highest BCUT2D eigenvalue weighted by atomic mass is 16.2. The SMILES string of the molecule is CNC(=O)N(C)CC1CC2CCC1C2. The molecular weight excluding hydrogens is 176 g/mol. The van der Waals surface area contributed by atoms with Gasteiger partial charge in [0.05, 0.1) is 0 Å². The third-order valence-corrected chi connectivity index (χ3v) is 3.95. The van der Waals surface area contributed by atoms with E-state index in [0.29, 0.717) is 0 Å². The highest BCUT2D eigenvalue weighted by Gasteiger charge is 2.39. The van der Waals surface area contributed by atoms with Crippen LogP contribution in [0, 0.1) is 17.8 Å². The zero-order chi connectivity index (χ0) is 10.1. The Morgan fingerprint density at radius 1 is 1.43 bits per heavy atom. The van der Waals surface area contributed by atoms with Crippen molar-refractivity contribution in [2.24, 2.45) is 17.8 Å². The number of carbonyl (C=O) groups excluding carboxylic acids is 1. The molecule has 80 valence electrons. The van der Waals surface area contributed by atoms with E-state index in [4.69, 9.17) is 0 Å². The van der Waals surface area contributed by atoms with Gasteiger partial charge < -0.3 is 10.2 Å². The third-order valence-electron chi connectivity index (χ3n) is 3.95. The smallest absolute Gasteiger partial charge is 0.316 e. The fraction of sp³-hybridized carbons (Fsp3) is 0.909. The van der Waals surface area contributed by atoms with Gasteiger partial charge in [0.15, 0.2) is 0 Å². The van der Waals surface area contributed by atoms with Crippen LogP contribution < -0.4 is 5.32 Å². The first kappa shape index (κ1) is 9.81. The van der Waals surface area contributed by atoms with Crippen LogP contribution in [0.3, 0.4) is 0 Å². The van der Waals surface area contributed by atoms with Crippen LogP contribution in [-0.4, -0.2) is 31.6 Å². The summed E-state index contributed by atoms with van der Waals surface area (Å²) in [4.78, 5) is 13.1. The number of hydrogen-bond donors (Lipinski definition) is 1. The molecule has 0 aromatic carbocycles. The van der Waals surface area contributed by atoms with E-state index in [2.05, 4.69) is 5.32 Å². The molecule has 2 fully saturated rings. The molecule has 2 aliphatic carbocycles. The van der Waals surface area contributed by atoms with Crippen molar-refractivity contribution in [3.8, 4) is 0 Å². The number of urea groups is 1. The molecule has 0 radical (unpaired) electrons. The Morgan fingerprint density at radius 2 is 2.21 bits per heavy atom. The van der Waals surface area contributed by atoms with E-state index in [1.54, 1.807) is 7.05 Å². The van der Waals surface area contributed by atoms with Crippen LogP contribution in [-0.2, 0) is 0 Å². The third kappa shape index (κ3) is 1.72. The summed E-state index contributed by atoms with van der Waals surface area (Å²) in [6, 6.07) is 0.0489. The summed E-state index contributed by atoms with van der Waals surface area (Å²) in [6.07, 6.45) is 5.61. The van der Waals surface area contributed by atoms with Crippen molar-refractivity contribution >= 4 is 6.03 Å². The summed E-state index contributed by atoms with van der Waals surface area (Å²) in [5.41, 5.74) is 0.